The zero-order valence-electron chi connectivity index (χ0n) is 11.6. The molecule has 1 unspecified atom stereocenters. The number of furan rings is 1. The predicted octanol–water partition coefficient (Wildman–Crippen LogP) is 4.54. The zero-order valence-corrected chi connectivity index (χ0v) is 13.9. The Labute approximate surface area is 140 Å². The first-order valence-corrected chi connectivity index (χ1v) is 7.28. The van der Waals surface area contributed by atoms with Gasteiger partial charge in [0.1, 0.15) is 11.5 Å². The molecule has 1 aromatic carbocycles. The second-order valence-electron chi connectivity index (χ2n) is 4.56. The third-order valence-electron chi connectivity index (χ3n) is 3.13. The van der Waals surface area contributed by atoms with E-state index in [4.69, 9.17) is 32.7 Å². The number of aliphatic hydroxyl groups is 1. The Hall–Kier alpha value is -0.710. The Morgan fingerprint density at radius 1 is 1.24 bits per heavy atom. The predicted molar refractivity (Wildman–Crippen MR) is 89.4 cm³/mol. The first-order chi connectivity index (χ1) is 9.63. The van der Waals surface area contributed by atoms with Crippen LogP contribution in [0.3, 0.4) is 0 Å². The molecule has 0 radical (unpaired) electrons. The van der Waals surface area contributed by atoms with Gasteiger partial charge in [-0.1, -0.05) is 30.1 Å². The smallest absolute Gasteiger partial charge is 0.135 e. The van der Waals surface area contributed by atoms with Gasteiger partial charge in [-0.2, -0.15) is 0 Å². The fourth-order valence-electron chi connectivity index (χ4n) is 1.89. The summed E-state index contributed by atoms with van der Waals surface area (Å²) in [6, 6.07) is 9.11. The van der Waals surface area contributed by atoms with Crippen molar-refractivity contribution < 1.29 is 9.52 Å². The van der Waals surface area contributed by atoms with E-state index >= 15 is 0 Å². The molecule has 1 heterocycles. The highest BCUT2D eigenvalue weighted by Gasteiger charge is 2.10. The Kier molecular flexibility index (Phi) is 7.57. The summed E-state index contributed by atoms with van der Waals surface area (Å²) in [5.41, 5.74) is 0.777. The number of rotatable bonds is 6. The van der Waals surface area contributed by atoms with Crippen molar-refractivity contribution in [3.63, 3.8) is 0 Å². The van der Waals surface area contributed by atoms with Crippen molar-refractivity contribution in [2.24, 2.45) is 0 Å². The Morgan fingerprint density at radius 2 is 2.00 bits per heavy atom. The first-order valence-electron chi connectivity index (χ1n) is 6.52. The molecule has 2 aromatic rings. The lowest BCUT2D eigenvalue weighted by Crippen LogP contribution is -2.30. The van der Waals surface area contributed by atoms with Gasteiger partial charge in [0.15, 0.2) is 0 Å². The molecule has 6 heteroatoms. The summed E-state index contributed by atoms with van der Waals surface area (Å²) < 4.78 is 5.76. The van der Waals surface area contributed by atoms with Gasteiger partial charge < -0.3 is 14.8 Å². The van der Waals surface area contributed by atoms with Gasteiger partial charge in [-0.3, -0.25) is 0 Å². The number of benzene rings is 1. The van der Waals surface area contributed by atoms with Crippen LogP contribution in [0.2, 0.25) is 10.0 Å². The Morgan fingerprint density at radius 3 is 2.67 bits per heavy atom. The molecule has 0 saturated carbocycles. The molecule has 116 valence electrons. The minimum atomic E-state index is 0. The van der Waals surface area contributed by atoms with Crippen LogP contribution in [0.4, 0.5) is 0 Å². The molecule has 0 amide bonds. The van der Waals surface area contributed by atoms with Crippen LogP contribution < -0.4 is 5.32 Å². The molecule has 1 aromatic heterocycles. The highest BCUT2D eigenvalue weighted by molar-refractivity contribution is 6.35. The van der Waals surface area contributed by atoms with Crippen LogP contribution in [0.1, 0.15) is 19.1 Å². The van der Waals surface area contributed by atoms with E-state index in [0.717, 1.165) is 17.7 Å². The molecule has 0 aliphatic carbocycles. The van der Waals surface area contributed by atoms with E-state index < -0.39 is 0 Å². The lowest BCUT2D eigenvalue weighted by Gasteiger charge is -2.12. The molecule has 3 nitrogen and oxygen atoms in total. The summed E-state index contributed by atoms with van der Waals surface area (Å²) in [6.45, 7) is 2.70. The molecule has 0 aliphatic heterocycles. The maximum atomic E-state index is 9.13. The number of hydrogen-bond donors (Lipinski definition) is 2. The summed E-state index contributed by atoms with van der Waals surface area (Å²) in [6.07, 6.45) is 0.865. The van der Waals surface area contributed by atoms with Gasteiger partial charge in [-0.05, 0) is 36.8 Å². The molecule has 2 N–H and O–H groups in total. The normalized spacial score (nSPS) is 12.0. The van der Waals surface area contributed by atoms with E-state index in [1.54, 1.807) is 18.2 Å². The van der Waals surface area contributed by atoms with Crippen LogP contribution in [0, 0.1) is 0 Å². The second-order valence-corrected chi connectivity index (χ2v) is 5.40. The van der Waals surface area contributed by atoms with Gasteiger partial charge in [0.05, 0.1) is 18.2 Å². The van der Waals surface area contributed by atoms with E-state index in [1.165, 1.54) is 0 Å². The molecule has 0 saturated heterocycles. The van der Waals surface area contributed by atoms with E-state index in [-0.39, 0.29) is 25.1 Å². The minimum Gasteiger partial charge on any atom is -0.460 e. The third-order valence-corrected chi connectivity index (χ3v) is 3.70. The van der Waals surface area contributed by atoms with Crippen molar-refractivity contribution in [3.05, 3.63) is 46.1 Å². The van der Waals surface area contributed by atoms with Crippen molar-refractivity contribution in [1.82, 2.24) is 5.32 Å². The van der Waals surface area contributed by atoms with Crippen LogP contribution in [-0.4, -0.2) is 17.8 Å². The topological polar surface area (TPSA) is 45.4 Å². The molecular formula is C15H18Cl3NO2. The lowest BCUT2D eigenvalue weighted by molar-refractivity contribution is 0.235. The standard InChI is InChI=1S/C15H17Cl2NO2.ClH/c1-2-11(9-19)18-8-12-4-6-15(20-12)13-7-10(16)3-5-14(13)17;/h3-7,11,18-19H,2,8-9H2,1H3;1H. The van der Waals surface area contributed by atoms with Crippen LogP contribution in [0.15, 0.2) is 34.7 Å². The van der Waals surface area contributed by atoms with Crippen molar-refractivity contribution in [2.75, 3.05) is 6.61 Å². The van der Waals surface area contributed by atoms with E-state index in [9.17, 15) is 0 Å². The van der Waals surface area contributed by atoms with Crippen molar-refractivity contribution in [1.29, 1.82) is 0 Å². The quantitative estimate of drug-likeness (QED) is 0.804. The average molecular weight is 351 g/mol. The molecule has 0 fully saturated rings. The van der Waals surface area contributed by atoms with E-state index in [2.05, 4.69) is 5.32 Å². The molecule has 21 heavy (non-hydrogen) atoms. The molecule has 0 bridgehead atoms. The highest BCUT2D eigenvalue weighted by atomic mass is 35.5. The van der Waals surface area contributed by atoms with Gasteiger partial charge in [0.25, 0.3) is 0 Å². The molecule has 1 atom stereocenters. The maximum absolute atomic E-state index is 9.13. The molecule has 0 spiro atoms. The summed E-state index contributed by atoms with van der Waals surface area (Å²) in [5.74, 6) is 1.48. The van der Waals surface area contributed by atoms with E-state index in [0.29, 0.717) is 22.4 Å². The monoisotopic (exact) mass is 349 g/mol. The van der Waals surface area contributed by atoms with Crippen molar-refractivity contribution >= 4 is 35.6 Å². The average Bonchev–Trinajstić information content (AvgIpc) is 2.91. The largest absolute Gasteiger partial charge is 0.460 e. The molecule has 2 rings (SSSR count). The minimum absolute atomic E-state index is 0. The van der Waals surface area contributed by atoms with Crippen LogP contribution >= 0.6 is 35.6 Å². The van der Waals surface area contributed by atoms with Crippen LogP contribution in [0.5, 0.6) is 0 Å². The summed E-state index contributed by atoms with van der Waals surface area (Å²) in [4.78, 5) is 0. The number of aliphatic hydroxyl groups excluding tert-OH is 1. The molecular weight excluding hydrogens is 333 g/mol. The van der Waals surface area contributed by atoms with Crippen molar-refractivity contribution in [2.45, 2.75) is 25.9 Å². The second kappa shape index (κ2) is 8.66. The SMILES string of the molecule is CCC(CO)NCc1ccc(-c2cc(Cl)ccc2Cl)o1.Cl. The number of hydrogen-bond acceptors (Lipinski definition) is 3. The maximum Gasteiger partial charge on any atom is 0.135 e. The highest BCUT2D eigenvalue weighted by Crippen LogP contribution is 2.31. The van der Waals surface area contributed by atoms with Crippen LogP contribution in [-0.2, 0) is 6.54 Å². The molecule has 0 aliphatic rings. The number of nitrogens with one attached hydrogen (secondary N) is 1. The van der Waals surface area contributed by atoms with E-state index in [1.807, 2.05) is 19.1 Å². The van der Waals surface area contributed by atoms with Gasteiger partial charge >= 0.3 is 0 Å². The lowest BCUT2D eigenvalue weighted by atomic mass is 10.2. The fraction of sp³-hybridized carbons (Fsp3) is 0.333. The third kappa shape index (κ3) is 4.90. The van der Waals surface area contributed by atoms with Gasteiger partial charge in [0, 0.05) is 16.6 Å². The summed E-state index contributed by atoms with van der Waals surface area (Å²) >= 11 is 12.1. The zero-order chi connectivity index (χ0) is 14.5. The van der Waals surface area contributed by atoms with Crippen LogP contribution in [0.25, 0.3) is 11.3 Å². The Balaban J connectivity index is 0.00000220. The summed E-state index contributed by atoms with van der Waals surface area (Å²) in [5, 5.41) is 13.6. The Bertz CT molecular complexity index is 568. The van der Waals surface area contributed by atoms with Crippen molar-refractivity contribution in [3.8, 4) is 11.3 Å². The fourth-order valence-corrected chi connectivity index (χ4v) is 2.27. The number of halogens is 3. The van der Waals surface area contributed by atoms with Gasteiger partial charge in [-0.25, -0.2) is 0 Å². The summed E-state index contributed by atoms with van der Waals surface area (Å²) in [7, 11) is 0. The van der Waals surface area contributed by atoms with Gasteiger partial charge in [-0.15, -0.1) is 12.4 Å². The first kappa shape index (κ1) is 18.3. The van der Waals surface area contributed by atoms with Gasteiger partial charge in [0.2, 0.25) is 0 Å².